The Balaban J connectivity index is -0.0000000221. The molecule has 0 heterocycles. The molecule has 0 aliphatic carbocycles. The van der Waals surface area contributed by atoms with Gasteiger partial charge in [-0.05, 0) is 0 Å². The fourth-order valence-corrected chi connectivity index (χ4v) is 0. The molecule has 0 radical (unpaired) electrons. The molecule has 0 spiro atoms. The molecule has 3 N–H and O–H groups in total. The molecule has 0 saturated heterocycles. The summed E-state index contributed by atoms with van der Waals surface area (Å²) in [4.78, 5) is 21.6. The van der Waals surface area contributed by atoms with Crippen LogP contribution in [-0.4, -0.2) is 22.0 Å². The van der Waals surface area contributed by atoms with Gasteiger partial charge in [-0.15, -0.1) is 0 Å². The van der Waals surface area contributed by atoms with Gasteiger partial charge in [0.15, 0.2) is 0 Å². The molecular formula is H3BK2NaO7P. The first-order valence-electron chi connectivity index (χ1n) is 1.49. The van der Waals surface area contributed by atoms with Crippen molar-refractivity contribution in [3.63, 3.8) is 0 Å². The molecule has 0 aliphatic heterocycles. The van der Waals surface area contributed by atoms with Crippen LogP contribution in [0.25, 0.3) is 0 Å². The number of rotatable bonds is 0. The van der Waals surface area contributed by atoms with Crippen molar-refractivity contribution in [1.82, 2.24) is 0 Å². The van der Waals surface area contributed by atoms with Crippen LogP contribution < -0.4 is 147 Å². The van der Waals surface area contributed by atoms with Crippen LogP contribution in [0.2, 0.25) is 0 Å². The topological polar surface area (TPSA) is 147 Å². The third kappa shape index (κ3) is 136. The molecule has 12 heavy (non-hydrogen) atoms. The van der Waals surface area contributed by atoms with E-state index in [1.807, 2.05) is 0 Å². The van der Waals surface area contributed by atoms with Gasteiger partial charge in [-0.3, -0.25) is 7.32 Å². The third-order valence-corrected chi connectivity index (χ3v) is 0. The monoisotopic (exact) mass is 258 g/mol. The van der Waals surface area contributed by atoms with Crippen LogP contribution in [0.1, 0.15) is 0 Å². The maximum Gasteiger partial charge on any atom is 1.00 e. The Morgan fingerprint density at radius 3 is 1.00 bits per heavy atom. The second-order valence-corrected chi connectivity index (χ2v) is 1.83. The quantitative estimate of drug-likeness (QED) is 0.288. The number of hydrogen-bond donors (Lipinski definition) is 3. The standard InChI is InChI=1S/BO3.2K.Na.H3O4P/c2-1(3)4;;;;1-5(2,3)4/h;;;;(H3,1,2,3,4)/q-3;3*+1;. The Morgan fingerprint density at radius 2 is 1.00 bits per heavy atom. The molecule has 12 heteroatoms. The fraction of sp³-hybridized carbons (Fsp3) is 0. The average molecular weight is 258 g/mol. The van der Waals surface area contributed by atoms with Crippen molar-refractivity contribution in [2.75, 3.05) is 0 Å². The van der Waals surface area contributed by atoms with E-state index in [0.29, 0.717) is 0 Å². The summed E-state index contributed by atoms with van der Waals surface area (Å²) in [5, 5.41) is 25.2. The van der Waals surface area contributed by atoms with Crippen molar-refractivity contribution in [3.8, 4) is 0 Å². The summed E-state index contributed by atoms with van der Waals surface area (Å²) in [6.07, 6.45) is 0. The number of hydrogen-bond acceptors (Lipinski definition) is 4. The van der Waals surface area contributed by atoms with Crippen LogP contribution in [0, 0.1) is 0 Å². The van der Waals surface area contributed by atoms with Crippen LogP contribution in [0.3, 0.4) is 0 Å². The summed E-state index contributed by atoms with van der Waals surface area (Å²) >= 11 is 0. The molecule has 7 nitrogen and oxygen atoms in total. The van der Waals surface area contributed by atoms with Crippen molar-refractivity contribution in [1.29, 1.82) is 0 Å². The Kier molecular flexibility index (Phi) is 44.1. The summed E-state index contributed by atoms with van der Waals surface area (Å²) in [5.74, 6) is 0. The molecule has 0 aromatic carbocycles. The predicted molar refractivity (Wildman–Crippen MR) is 20.0 cm³/mol. The molecular weight excluding hydrogens is 255 g/mol. The van der Waals surface area contributed by atoms with Crippen LogP contribution in [0.4, 0.5) is 0 Å². The number of phosphoric acid groups is 1. The van der Waals surface area contributed by atoms with Crippen molar-refractivity contribution in [2.24, 2.45) is 0 Å². The third-order valence-electron chi connectivity index (χ3n) is 0. The smallest absolute Gasteiger partial charge is 0.907 e. The predicted octanol–water partition coefficient (Wildman–Crippen LogP) is -13.9. The average Bonchev–Trinajstić information content (AvgIpc) is 1.19. The summed E-state index contributed by atoms with van der Waals surface area (Å²) in [6.45, 7) is 0. The van der Waals surface area contributed by atoms with Gasteiger partial charge in [0.25, 0.3) is 0 Å². The van der Waals surface area contributed by atoms with Gasteiger partial charge >= 0.3 is 140 Å². The zero-order valence-electron chi connectivity index (χ0n) is 7.00. The zero-order valence-corrected chi connectivity index (χ0v) is 16.1. The van der Waals surface area contributed by atoms with E-state index in [2.05, 4.69) is 0 Å². The second kappa shape index (κ2) is 17.7. The van der Waals surface area contributed by atoms with Crippen LogP contribution in [0.5, 0.6) is 0 Å². The van der Waals surface area contributed by atoms with E-state index in [0.717, 1.165) is 0 Å². The van der Waals surface area contributed by atoms with Gasteiger partial charge in [-0.2, -0.15) is 0 Å². The fourth-order valence-electron chi connectivity index (χ4n) is 0. The molecule has 0 unspecified atom stereocenters. The minimum Gasteiger partial charge on any atom is -0.907 e. The van der Waals surface area contributed by atoms with E-state index in [4.69, 9.17) is 34.3 Å². The van der Waals surface area contributed by atoms with Gasteiger partial charge in [0.2, 0.25) is 0 Å². The summed E-state index contributed by atoms with van der Waals surface area (Å²) in [6, 6.07) is 0. The van der Waals surface area contributed by atoms with Crippen LogP contribution in [0.15, 0.2) is 0 Å². The van der Waals surface area contributed by atoms with E-state index >= 15 is 0 Å². The van der Waals surface area contributed by atoms with Gasteiger partial charge in [0.1, 0.15) is 0 Å². The first kappa shape index (κ1) is 29.9. The van der Waals surface area contributed by atoms with E-state index in [-0.39, 0.29) is 132 Å². The van der Waals surface area contributed by atoms with E-state index in [1.165, 1.54) is 0 Å². The van der Waals surface area contributed by atoms with Crippen molar-refractivity contribution < 1.29 is 167 Å². The normalized spacial score (nSPS) is 7.17. The SMILES string of the molecule is O=P(O)(O)O.[K+].[K+].[Na+].[O-]B([O-])[O-]. The molecule has 0 aliphatic rings. The van der Waals surface area contributed by atoms with Gasteiger partial charge in [0, 0.05) is 0 Å². The van der Waals surface area contributed by atoms with Crippen LogP contribution in [-0.2, 0) is 4.57 Å². The summed E-state index contributed by atoms with van der Waals surface area (Å²) in [5.41, 5.74) is 0. The van der Waals surface area contributed by atoms with Crippen molar-refractivity contribution in [2.45, 2.75) is 0 Å². The molecule has 0 bridgehead atoms. The maximum absolute atomic E-state index is 8.88. The van der Waals surface area contributed by atoms with Crippen molar-refractivity contribution >= 4 is 15.1 Å². The molecule has 56 valence electrons. The largest absolute Gasteiger partial charge is 1.00 e. The van der Waals surface area contributed by atoms with Crippen LogP contribution >= 0.6 is 7.82 Å². The molecule has 0 amide bonds. The summed E-state index contributed by atoms with van der Waals surface area (Å²) < 4.78 is 8.88. The molecule has 0 aromatic rings. The molecule has 0 atom stereocenters. The maximum atomic E-state index is 8.88. The molecule has 0 rings (SSSR count). The minimum absolute atomic E-state index is 0. The van der Waals surface area contributed by atoms with E-state index in [1.54, 1.807) is 0 Å². The van der Waals surface area contributed by atoms with E-state index < -0.39 is 15.1 Å². The zero-order chi connectivity index (χ0) is 8.08. The first-order valence-corrected chi connectivity index (χ1v) is 3.05. The Hall–Kier alpha value is 4.33. The van der Waals surface area contributed by atoms with Gasteiger partial charge in [-0.1, -0.05) is 0 Å². The van der Waals surface area contributed by atoms with Crippen molar-refractivity contribution in [3.05, 3.63) is 0 Å². The van der Waals surface area contributed by atoms with E-state index in [9.17, 15) is 0 Å². The van der Waals surface area contributed by atoms with Gasteiger partial charge in [-0.25, -0.2) is 4.57 Å². The Morgan fingerprint density at radius 1 is 1.00 bits per heavy atom. The van der Waals surface area contributed by atoms with Gasteiger partial charge < -0.3 is 29.8 Å². The molecule has 0 fully saturated rings. The second-order valence-electron chi connectivity index (χ2n) is 0.802. The molecule has 0 aromatic heterocycles. The van der Waals surface area contributed by atoms with Gasteiger partial charge in [0.05, 0.1) is 0 Å². The Bertz CT molecular complexity index is 92.6. The Labute approximate surface area is 177 Å². The molecule has 0 saturated carbocycles. The minimum atomic E-state index is -4.64. The summed E-state index contributed by atoms with van der Waals surface area (Å²) in [7, 11) is -7.56. The first-order chi connectivity index (χ1) is 3.73.